The molecule has 1 heterocycles. The quantitative estimate of drug-likeness (QED) is 0.548. The first-order chi connectivity index (χ1) is 8.07. The van der Waals surface area contributed by atoms with E-state index in [0.29, 0.717) is 0 Å². The van der Waals surface area contributed by atoms with Crippen molar-refractivity contribution in [1.82, 2.24) is 10.3 Å². The standard InChI is InChI=1S/C13H27N3O/c1-5-16(6-2)13(3,4)12(15-14)11-9-7-8-10-17-11/h9,12,15H,5-8,10,14H2,1-4H3. The SMILES string of the molecule is CCN(CC)C(C)(C)C(NN)C1=CCCCO1. The van der Waals surface area contributed by atoms with Gasteiger partial charge in [-0.1, -0.05) is 13.8 Å². The second-order valence-corrected chi connectivity index (χ2v) is 5.02. The van der Waals surface area contributed by atoms with Crippen LogP contribution in [0.3, 0.4) is 0 Å². The van der Waals surface area contributed by atoms with Crippen LogP contribution in [0.15, 0.2) is 11.8 Å². The lowest BCUT2D eigenvalue weighted by molar-refractivity contribution is 0.0649. The van der Waals surface area contributed by atoms with E-state index in [1.54, 1.807) is 0 Å². The number of hydrogen-bond acceptors (Lipinski definition) is 4. The number of hydrogen-bond donors (Lipinski definition) is 2. The van der Waals surface area contributed by atoms with Crippen LogP contribution >= 0.6 is 0 Å². The Kier molecular flexibility index (Phi) is 5.43. The highest BCUT2D eigenvalue weighted by atomic mass is 16.5. The first-order valence-electron chi connectivity index (χ1n) is 6.61. The number of allylic oxidation sites excluding steroid dienone is 1. The highest BCUT2D eigenvalue weighted by Crippen LogP contribution is 2.26. The van der Waals surface area contributed by atoms with Gasteiger partial charge < -0.3 is 4.74 Å². The van der Waals surface area contributed by atoms with Gasteiger partial charge in [-0.2, -0.15) is 0 Å². The van der Waals surface area contributed by atoms with Crippen molar-refractivity contribution in [3.05, 3.63) is 11.8 Å². The van der Waals surface area contributed by atoms with Gasteiger partial charge in [0.2, 0.25) is 0 Å². The molecule has 4 heteroatoms. The maximum absolute atomic E-state index is 5.75. The third-order valence-corrected chi connectivity index (χ3v) is 3.70. The lowest BCUT2D eigenvalue weighted by atomic mass is 9.90. The third kappa shape index (κ3) is 3.21. The first-order valence-corrected chi connectivity index (χ1v) is 6.61. The fourth-order valence-electron chi connectivity index (χ4n) is 2.63. The van der Waals surface area contributed by atoms with Crippen LogP contribution in [0.2, 0.25) is 0 Å². The summed E-state index contributed by atoms with van der Waals surface area (Å²) in [4.78, 5) is 2.40. The van der Waals surface area contributed by atoms with Crippen LogP contribution in [0.25, 0.3) is 0 Å². The zero-order valence-electron chi connectivity index (χ0n) is 11.6. The second kappa shape index (κ2) is 6.38. The zero-order valence-corrected chi connectivity index (χ0v) is 11.6. The Morgan fingerprint density at radius 3 is 2.53 bits per heavy atom. The number of rotatable bonds is 6. The summed E-state index contributed by atoms with van der Waals surface area (Å²) in [6.45, 7) is 11.6. The Bertz CT molecular complexity index is 259. The Balaban J connectivity index is 2.87. The Labute approximate surface area is 105 Å². The lowest BCUT2D eigenvalue weighted by Gasteiger charge is -2.44. The highest BCUT2D eigenvalue weighted by molar-refractivity contribution is 5.13. The minimum absolute atomic E-state index is 0.0442. The Morgan fingerprint density at radius 1 is 1.47 bits per heavy atom. The molecule has 0 saturated carbocycles. The van der Waals surface area contributed by atoms with Gasteiger partial charge >= 0.3 is 0 Å². The molecule has 0 bridgehead atoms. The van der Waals surface area contributed by atoms with E-state index in [0.717, 1.165) is 38.3 Å². The van der Waals surface area contributed by atoms with E-state index in [9.17, 15) is 0 Å². The molecule has 1 aliphatic heterocycles. The molecule has 0 radical (unpaired) electrons. The molecule has 4 nitrogen and oxygen atoms in total. The summed E-state index contributed by atoms with van der Waals surface area (Å²) in [5, 5.41) is 0. The van der Waals surface area contributed by atoms with Gasteiger partial charge in [0.15, 0.2) is 0 Å². The number of nitrogens with two attached hydrogens (primary N) is 1. The van der Waals surface area contributed by atoms with Gasteiger partial charge in [0.25, 0.3) is 0 Å². The molecular weight excluding hydrogens is 214 g/mol. The van der Waals surface area contributed by atoms with Gasteiger partial charge in [0.05, 0.1) is 12.6 Å². The topological polar surface area (TPSA) is 50.5 Å². The smallest absolute Gasteiger partial charge is 0.112 e. The Morgan fingerprint density at radius 2 is 2.12 bits per heavy atom. The first kappa shape index (κ1) is 14.5. The van der Waals surface area contributed by atoms with Crippen molar-refractivity contribution >= 4 is 0 Å². The molecule has 0 spiro atoms. The van der Waals surface area contributed by atoms with Gasteiger partial charge in [-0.25, -0.2) is 5.43 Å². The third-order valence-electron chi connectivity index (χ3n) is 3.70. The fraction of sp³-hybridized carbons (Fsp3) is 0.846. The Hall–Kier alpha value is -0.580. The van der Waals surface area contributed by atoms with E-state index >= 15 is 0 Å². The molecule has 1 atom stereocenters. The van der Waals surface area contributed by atoms with Gasteiger partial charge in [-0.15, -0.1) is 0 Å². The molecule has 0 aromatic rings. The van der Waals surface area contributed by atoms with Gasteiger partial charge in [0.1, 0.15) is 5.76 Å². The number of ether oxygens (including phenoxy) is 1. The molecule has 0 fully saturated rings. The molecular formula is C13H27N3O. The number of nitrogens with one attached hydrogen (secondary N) is 1. The molecule has 17 heavy (non-hydrogen) atoms. The van der Waals surface area contributed by atoms with E-state index in [2.05, 4.69) is 44.1 Å². The zero-order chi connectivity index (χ0) is 12.9. The summed E-state index contributed by atoms with van der Waals surface area (Å²) in [5.41, 5.74) is 2.87. The molecule has 0 saturated heterocycles. The molecule has 0 aromatic carbocycles. The summed E-state index contributed by atoms with van der Waals surface area (Å²) in [7, 11) is 0. The van der Waals surface area contributed by atoms with E-state index in [-0.39, 0.29) is 11.6 Å². The minimum Gasteiger partial charge on any atom is -0.496 e. The van der Waals surface area contributed by atoms with E-state index in [4.69, 9.17) is 10.6 Å². The van der Waals surface area contributed by atoms with Crippen molar-refractivity contribution in [2.45, 2.75) is 52.1 Å². The second-order valence-electron chi connectivity index (χ2n) is 5.02. The summed E-state index contributed by atoms with van der Waals surface area (Å²) in [6, 6.07) is 0.0442. The molecule has 1 rings (SSSR count). The lowest BCUT2D eigenvalue weighted by Crippen LogP contribution is -2.60. The average Bonchev–Trinajstić information content (AvgIpc) is 2.32. The van der Waals surface area contributed by atoms with Gasteiger partial charge in [-0.3, -0.25) is 10.7 Å². The normalized spacial score (nSPS) is 18.8. The summed E-state index contributed by atoms with van der Waals surface area (Å²) >= 11 is 0. The van der Waals surface area contributed by atoms with Crippen LogP contribution in [-0.2, 0) is 4.74 Å². The molecule has 0 aromatic heterocycles. The maximum Gasteiger partial charge on any atom is 0.112 e. The molecule has 0 aliphatic carbocycles. The van der Waals surface area contributed by atoms with Crippen LogP contribution in [0, 0.1) is 0 Å². The van der Waals surface area contributed by atoms with Gasteiger partial charge in [0, 0.05) is 5.54 Å². The van der Waals surface area contributed by atoms with Crippen LogP contribution in [-0.4, -0.2) is 36.2 Å². The van der Waals surface area contributed by atoms with Gasteiger partial charge in [-0.05, 0) is 45.9 Å². The number of hydrazine groups is 1. The van der Waals surface area contributed by atoms with E-state index in [1.165, 1.54) is 0 Å². The molecule has 0 amide bonds. The monoisotopic (exact) mass is 241 g/mol. The molecule has 100 valence electrons. The van der Waals surface area contributed by atoms with Crippen molar-refractivity contribution in [2.75, 3.05) is 19.7 Å². The highest BCUT2D eigenvalue weighted by Gasteiger charge is 2.37. The number of nitrogens with zero attached hydrogens (tertiary/aromatic N) is 1. The summed E-state index contributed by atoms with van der Waals surface area (Å²) in [5.74, 6) is 6.74. The predicted molar refractivity (Wildman–Crippen MR) is 71.4 cm³/mol. The van der Waals surface area contributed by atoms with E-state index < -0.39 is 0 Å². The summed E-state index contributed by atoms with van der Waals surface area (Å²) < 4.78 is 5.75. The van der Waals surface area contributed by atoms with Crippen LogP contribution < -0.4 is 11.3 Å². The van der Waals surface area contributed by atoms with Crippen LogP contribution in [0.5, 0.6) is 0 Å². The van der Waals surface area contributed by atoms with Crippen molar-refractivity contribution in [3.8, 4) is 0 Å². The summed E-state index contributed by atoms with van der Waals surface area (Å²) in [6.07, 6.45) is 4.35. The van der Waals surface area contributed by atoms with Crippen molar-refractivity contribution in [1.29, 1.82) is 0 Å². The predicted octanol–water partition coefficient (Wildman–Crippen LogP) is 1.63. The fourth-order valence-corrected chi connectivity index (χ4v) is 2.63. The maximum atomic E-state index is 5.75. The number of likely N-dealkylation sites (N-methyl/N-ethyl adjacent to an activating group) is 1. The average molecular weight is 241 g/mol. The van der Waals surface area contributed by atoms with Crippen LogP contribution in [0.1, 0.15) is 40.5 Å². The minimum atomic E-state index is -0.0541. The molecule has 1 unspecified atom stereocenters. The van der Waals surface area contributed by atoms with Crippen LogP contribution in [0.4, 0.5) is 0 Å². The van der Waals surface area contributed by atoms with E-state index in [1.807, 2.05) is 0 Å². The van der Waals surface area contributed by atoms with Crippen molar-refractivity contribution in [3.63, 3.8) is 0 Å². The van der Waals surface area contributed by atoms with Crippen molar-refractivity contribution in [2.24, 2.45) is 5.84 Å². The molecule has 1 aliphatic rings. The largest absolute Gasteiger partial charge is 0.496 e. The molecule has 3 N–H and O–H groups in total. The van der Waals surface area contributed by atoms with Crippen molar-refractivity contribution < 1.29 is 4.74 Å².